The Labute approximate surface area is 166 Å². The second-order valence-electron chi connectivity index (χ2n) is 6.54. The van der Waals surface area contributed by atoms with E-state index in [9.17, 15) is 18.0 Å². The van der Waals surface area contributed by atoms with Crippen LogP contribution >= 0.6 is 0 Å². The van der Waals surface area contributed by atoms with E-state index in [0.717, 1.165) is 23.3 Å². The fourth-order valence-electron chi connectivity index (χ4n) is 3.09. The quantitative estimate of drug-likeness (QED) is 0.656. The van der Waals surface area contributed by atoms with Crippen molar-refractivity contribution in [3.63, 3.8) is 0 Å². The van der Waals surface area contributed by atoms with Crippen LogP contribution in [0.4, 0.5) is 13.2 Å². The van der Waals surface area contributed by atoms with E-state index in [1.807, 2.05) is 29.2 Å². The Morgan fingerprint density at radius 2 is 1.31 bits per heavy atom. The third-order valence-corrected chi connectivity index (χ3v) is 4.46. The first-order valence-electron chi connectivity index (χ1n) is 8.83. The zero-order chi connectivity index (χ0) is 20.9. The van der Waals surface area contributed by atoms with E-state index in [1.165, 1.54) is 12.1 Å². The van der Waals surface area contributed by atoms with Crippen LogP contribution in [0.15, 0.2) is 73.3 Å². The molecule has 0 fully saturated rings. The van der Waals surface area contributed by atoms with Crippen molar-refractivity contribution in [3.05, 3.63) is 95.6 Å². The third kappa shape index (κ3) is 5.39. The number of hydrogen-bond donors (Lipinski definition) is 1. The molecule has 0 radical (unpaired) electrons. The number of carbonyl (C=O) groups excluding carboxylic acids is 1. The zero-order valence-corrected chi connectivity index (χ0v) is 15.4. The van der Waals surface area contributed by atoms with Crippen molar-refractivity contribution in [2.75, 3.05) is 0 Å². The van der Waals surface area contributed by atoms with E-state index < -0.39 is 23.7 Å². The molecule has 0 saturated carbocycles. The Morgan fingerprint density at radius 1 is 0.862 bits per heavy atom. The summed E-state index contributed by atoms with van der Waals surface area (Å²) in [5, 5.41) is 0. The molecule has 1 atom stereocenters. The van der Waals surface area contributed by atoms with Crippen molar-refractivity contribution >= 4 is 5.91 Å². The van der Waals surface area contributed by atoms with Gasteiger partial charge < -0.3 is 5.73 Å². The number of halogens is 3. The topological polar surface area (TPSA) is 72.1 Å². The van der Waals surface area contributed by atoms with Crippen LogP contribution in [-0.4, -0.2) is 20.8 Å². The number of alkyl halides is 3. The fraction of sp³-hybridized carbons (Fsp3) is 0.190. The number of benzene rings is 1. The largest absolute Gasteiger partial charge is 0.416 e. The molecule has 0 spiro atoms. The first-order valence-corrected chi connectivity index (χ1v) is 8.83. The Balaban J connectivity index is 1.96. The molecule has 1 unspecified atom stereocenters. The van der Waals surface area contributed by atoms with Gasteiger partial charge in [-0.15, -0.1) is 0 Å². The number of nitrogens with zero attached hydrogens (tertiary/aromatic N) is 3. The average Bonchev–Trinajstić information content (AvgIpc) is 2.69. The molecule has 150 valence electrons. The number of nitrogens with two attached hydrogens (primary N) is 1. The molecule has 3 aromatic rings. The lowest BCUT2D eigenvalue weighted by Gasteiger charge is -2.30. The highest BCUT2D eigenvalue weighted by Crippen LogP contribution is 2.31. The summed E-state index contributed by atoms with van der Waals surface area (Å²) in [4.78, 5) is 22.1. The Hall–Kier alpha value is -3.26. The minimum absolute atomic E-state index is 0.361. The summed E-state index contributed by atoms with van der Waals surface area (Å²) >= 11 is 0. The van der Waals surface area contributed by atoms with Gasteiger partial charge in [-0.25, -0.2) is 0 Å². The molecular weight excluding hydrogens is 381 g/mol. The first-order chi connectivity index (χ1) is 13.8. The molecule has 0 aliphatic heterocycles. The van der Waals surface area contributed by atoms with Crippen LogP contribution in [0.5, 0.6) is 0 Å². The predicted octanol–water partition coefficient (Wildman–Crippen LogP) is 3.72. The monoisotopic (exact) mass is 400 g/mol. The molecule has 29 heavy (non-hydrogen) atoms. The van der Waals surface area contributed by atoms with Crippen LogP contribution < -0.4 is 5.73 Å². The smallest absolute Gasteiger partial charge is 0.368 e. The highest BCUT2D eigenvalue weighted by molar-refractivity contribution is 5.81. The molecule has 8 heteroatoms. The van der Waals surface area contributed by atoms with Gasteiger partial charge in [0, 0.05) is 37.9 Å². The highest BCUT2D eigenvalue weighted by Gasteiger charge is 2.32. The van der Waals surface area contributed by atoms with E-state index in [-0.39, 0.29) is 0 Å². The standard InChI is InChI=1S/C21H19F3N4O/c22-21(23,24)18-3-1-17(2-4-18)19(20(25)29)28(13-15-5-9-26-10-6-15)14-16-7-11-27-12-8-16/h1-12,19H,13-14H2,(H2,25,29). The molecule has 0 bridgehead atoms. The van der Waals surface area contributed by atoms with Gasteiger partial charge in [0.1, 0.15) is 6.04 Å². The lowest BCUT2D eigenvalue weighted by molar-refractivity contribution is -0.137. The average molecular weight is 400 g/mol. The van der Waals surface area contributed by atoms with Gasteiger partial charge in [-0.1, -0.05) is 12.1 Å². The molecule has 2 heterocycles. The molecule has 2 aromatic heterocycles. The molecule has 0 aliphatic carbocycles. The van der Waals surface area contributed by atoms with Crippen molar-refractivity contribution in [2.24, 2.45) is 5.73 Å². The minimum Gasteiger partial charge on any atom is -0.368 e. The van der Waals surface area contributed by atoms with E-state index in [1.54, 1.807) is 24.8 Å². The fourth-order valence-corrected chi connectivity index (χ4v) is 3.09. The lowest BCUT2D eigenvalue weighted by Crippen LogP contribution is -2.37. The van der Waals surface area contributed by atoms with Crippen molar-refractivity contribution in [1.29, 1.82) is 0 Å². The number of primary amides is 1. The van der Waals surface area contributed by atoms with Gasteiger partial charge in [0.2, 0.25) is 5.91 Å². The zero-order valence-electron chi connectivity index (χ0n) is 15.4. The van der Waals surface area contributed by atoms with Crippen LogP contribution in [-0.2, 0) is 24.1 Å². The minimum atomic E-state index is -4.45. The van der Waals surface area contributed by atoms with E-state index in [0.29, 0.717) is 18.7 Å². The van der Waals surface area contributed by atoms with Crippen molar-refractivity contribution in [3.8, 4) is 0 Å². The number of pyridine rings is 2. The summed E-state index contributed by atoms with van der Waals surface area (Å²) in [7, 11) is 0. The van der Waals surface area contributed by atoms with Crippen LogP contribution in [0.25, 0.3) is 0 Å². The Bertz CT molecular complexity index is 890. The van der Waals surface area contributed by atoms with Gasteiger partial charge >= 0.3 is 6.18 Å². The maximum Gasteiger partial charge on any atom is 0.416 e. The van der Waals surface area contributed by atoms with E-state index >= 15 is 0 Å². The summed E-state index contributed by atoms with van der Waals surface area (Å²) in [6.07, 6.45) is 2.10. The van der Waals surface area contributed by atoms with Crippen LogP contribution in [0, 0.1) is 0 Å². The van der Waals surface area contributed by atoms with E-state index in [4.69, 9.17) is 5.73 Å². The normalized spacial score (nSPS) is 12.7. The van der Waals surface area contributed by atoms with Crippen molar-refractivity contribution < 1.29 is 18.0 Å². The molecule has 2 N–H and O–H groups in total. The molecule has 5 nitrogen and oxygen atoms in total. The second kappa shape index (κ2) is 8.83. The third-order valence-electron chi connectivity index (χ3n) is 4.46. The van der Waals surface area contributed by atoms with Crippen molar-refractivity contribution in [2.45, 2.75) is 25.3 Å². The molecule has 0 aliphatic rings. The number of amides is 1. The summed E-state index contributed by atoms with van der Waals surface area (Å²) in [5.74, 6) is -0.645. The molecule has 3 rings (SSSR count). The molecule has 1 amide bonds. The first kappa shape index (κ1) is 20.5. The van der Waals surface area contributed by atoms with Gasteiger partial charge in [-0.05, 0) is 53.1 Å². The number of aromatic nitrogens is 2. The molecular formula is C21H19F3N4O. The molecule has 0 saturated heterocycles. The van der Waals surface area contributed by atoms with E-state index in [2.05, 4.69) is 9.97 Å². The molecule has 1 aromatic carbocycles. The van der Waals surface area contributed by atoms with Gasteiger partial charge in [-0.3, -0.25) is 19.7 Å². The Kier molecular flexibility index (Phi) is 6.23. The summed E-state index contributed by atoms with van der Waals surface area (Å²) < 4.78 is 38.7. The summed E-state index contributed by atoms with van der Waals surface area (Å²) in [5.41, 5.74) is 7.08. The van der Waals surface area contributed by atoms with Crippen molar-refractivity contribution in [1.82, 2.24) is 14.9 Å². The van der Waals surface area contributed by atoms with Gasteiger partial charge in [0.25, 0.3) is 0 Å². The number of rotatable bonds is 7. The van der Waals surface area contributed by atoms with Crippen LogP contribution in [0.3, 0.4) is 0 Å². The number of hydrogen-bond acceptors (Lipinski definition) is 4. The van der Waals surface area contributed by atoms with Gasteiger partial charge in [-0.2, -0.15) is 13.2 Å². The lowest BCUT2D eigenvalue weighted by atomic mass is 10.0. The summed E-state index contributed by atoms with van der Waals surface area (Å²) in [6.45, 7) is 0.721. The maximum atomic E-state index is 12.9. The highest BCUT2D eigenvalue weighted by atomic mass is 19.4. The van der Waals surface area contributed by atoms with Crippen LogP contribution in [0.2, 0.25) is 0 Å². The summed E-state index contributed by atoms with van der Waals surface area (Å²) in [6, 6.07) is 10.8. The Morgan fingerprint density at radius 3 is 1.69 bits per heavy atom. The number of carbonyl (C=O) groups is 1. The maximum absolute atomic E-state index is 12.9. The second-order valence-corrected chi connectivity index (χ2v) is 6.54. The van der Waals surface area contributed by atoms with Gasteiger partial charge in [0.15, 0.2) is 0 Å². The van der Waals surface area contributed by atoms with Gasteiger partial charge in [0.05, 0.1) is 5.56 Å². The predicted molar refractivity (Wildman–Crippen MR) is 101 cm³/mol. The SMILES string of the molecule is NC(=O)C(c1ccc(C(F)(F)F)cc1)N(Cc1ccncc1)Cc1ccncc1. The van der Waals surface area contributed by atoms with Crippen LogP contribution in [0.1, 0.15) is 28.3 Å².